The first kappa shape index (κ1) is 24.7. The number of aliphatic carboxylic acids is 1. The second-order valence-corrected chi connectivity index (χ2v) is 9.56. The lowest BCUT2D eigenvalue weighted by atomic mass is 9.98. The van der Waals surface area contributed by atoms with E-state index in [2.05, 4.69) is 43.4 Å². The van der Waals surface area contributed by atoms with Crippen molar-refractivity contribution in [2.24, 2.45) is 5.92 Å². The maximum absolute atomic E-state index is 13.0. The summed E-state index contributed by atoms with van der Waals surface area (Å²) < 4.78 is 10.9. The first-order valence-corrected chi connectivity index (χ1v) is 12.1. The van der Waals surface area contributed by atoms with Crippen molar-refractivity contribution >= 4 is 18.0 Å². The van der Waals surface area contributed by atoms with Gasteiger partial charge in [0.05, 0.1) is 6.10 Å². The van der Waals surface area contributed by atoms with E-state index in [0.29, 0.717) is 25.4 Å². The molecule has 1 heterocycles. The molecule has 2 amide bonds. The summed E-state index contributed by atoms with van der Waals surface area (Å²) >= 11 is 0. The lowest BCUT2D eigenvalue weighted by Crippen LogP contribution is -2.60. The Morgan fingerprint density at radius 2 is 1.60 bits per heavy atom. The van der Waals surface area contributed by atoms with Crippen molar-refractivity contribution in [1.82, 2.24) is 10.2 Å². The highest BCUT2D eigenvalue weighted by Gasteiger charge is 2.36. The molecule has 1 unspecified atom stereocenters. The van der Waals surface area contributed by atoms with E-state index in [-0.39, 0.29) is 31.1 Å². The molecule has 4 rings (SSSR count). The predicted molar refractivity (Wildman–Crippen MR) is 130 cm³/mol. The zero-order valence-electron chi connectivity index (χ0n) is 20.1. The number of hydrogen-bond donors (Lipinski definition) is 2. The van der Waals surface area contributed by atoms with Gasteiger partial charge in [-0.25, -0.2) is 9.59 Å². The van der Waals surface area contributed by atoms with Crippen LogP contribution in [0, 0.1) is 5.92 Å². The Morgan fingerprint density at radius 3 is 2.17 bits per heavy atom. The number of carboxylic acids is 1. The molecule has 1 aliphatic carbocycles. The molecule has 35 heavy (non-hydrogen) atoms. The molecule has 8 nitrogen and oxygen atoms in total. The van der Waals surface area contributed by atoms with Gasteiger partial charge in [-0.15, -0.1) is 0 Å². The summed E-state index contributed by atoms with van der Waals surface area (Å²) in [5.41, 5.74) is 4.56. The summed E-state index contributed by atoms with van der Waals surface area (Å²) in [4.78, 5) is 38.0. The number of hydrogen-bond acceptors (Lipinski definition) is 5. The average Bonchev–Trinajstić information content (AvgIpc) is 3.12. The summed E-state index contributed by atoms with van der Waals surface area (Å²) in [5, 5.41) is 11.5. The minimum absolute atomic E-state index is 0.0551. The molecule has 2 aromatic rings. The van der Waals surface area contributed by atoms with Gasteiger partial charge in [-0.05, 0) is 41.0 Å². The van der Waals surface area contributed by atoms with Gasteiger partial charge in [0, 0.05) is 19.0 Å². The van der Waals surface area contributed by atoms with Crippen molar-refractivity contribution in [3.05, 3.63) is 59.7 Å². The molecule has 0 saturated carbocycles. The highest BCUT2D eigenvalue weighted by Crippen LogP contribution is 2.44. The fourth-order valence-electron chi connectivity index (χ4n) is 4.67. The van der Waals surface area contributed by atoms with E-state index in [0.717, 1.165) is 28.7 Å². The topological polar surface area (TPSA) is 105 Å². The summed E-state index contributed by atoms with van der Waals surface area (Å²) in [6.07, 6.45) is 0.355. The van der Waals surface area contributed by atoms with Crippen LogP contribution in [0.15, 0.2) is 48.5 Å². The standard InChI is InChI=1S/C27H32N2O6/c1-17(2)11-12-24(26(32)29-13-18(14-29)34-16-25(30)31)28-27(33)35-15-23-21-9-5-3-7-19(21)20-8-4-6-10-22(20)23/h3-10,17-18,23-24H,11-16H2,1-2H3,(H,28,33)(H,30,31). The third kappa shape index (κ3) is 5.82. The number of nitrogens with one attached hydrogen (secondary N) is 1. The van der Waals surface area contributed by atoms with Crippen molar-refractivity contribution in [2.45, 2.75) is 44.8 Å². The van der Waals surface area contributed by atoms with Crippen LogP contribution in [0.2, 0.25) is 0 Å². The van der Waals surface area contributed by atoms with Crippen LogP contribution in [0.25, 0.3) is 11.1 Å². The molecular formula is C27H32N2O6. The Labute approximate surface area is 205 Å². The average molecular weight is 481 g/mol. The maximum Gasteiger partial charge on any atom is 0.407 e. The molecule has 1 atom stereocenters. The first-order chi connectivity index (χ1) is 16.8. The van der Waals surface area contributed by atoms with Crippen molar-refractivity contribution < 1.29 is 29.0 Å². The van der Waals surface area contributed by atoms with Gasteiger partial charge < -0.3 is 24.8 Å². The molecule has 0 spiro atoms. The van der Waals surface area contributed by atoms with E-state index >= 15 is 0 Å². The number of alkyl carbamates (subject to hydrolysis) is 1. The molecule has 2 N–H and O–H groups in total. The SMILES string of the molecule is CC(C)CCC(NC(=O)OCC1c2ccccc2-c2ccccc21)C(=O)N1CC(OCC(=O)O)C1. The largest absolute Gasteiger partial charge is 0.480 e. The normalized spacial score (nSPS) is 15.8. The molecule has 1 aliphatic heterocycles. The number of carboxylic acid groups (broad SMARTS) is 1. The predicted octanol–water partition coefficient (Wildman–Crippen LogP) is 3.64. The van der Waals surface area contributed by atoms with E-state index in [1.807, 2.05) is 24.3 Å². The van der Waals surface area contributed by atoms with Crippen LogP contribution >= 0.6 is 0 Å². The number of ether oxygens (including phenoxy) is 2. The second kappa shape index (κ2) is 10.9. The summed E-state index contributed by atoms with van der Waals surface area (Å²) in [5.74, 6) is -0.922. The van der Waals surface area contributed by atoms with Crippen molar-refractivity contribution in [1.29, 1.82) is 0 Å². The van der Waals surface area contributed by atoms with Crippen LogP contribution in [-0.2, 0) is 19.1 Å². The zero-order chi connectivity index (χ0) is 24.9. The van der Waals surface area contributed by atoms with E-state index < -0.39 is 18.1 Å². The molecule has 0 aromatic heterocycles. The highest BCUT2D eigenvalue weighted by molar-refractivity contribution is 5.86. The number of rotatable bonds is 10. The van der Waals surface area contributed by atoms with Crippen LogP contribution in [0.1, 0.15) is 43.7 Å². The van der Waals surface area contributed by atoms with Gasteiger partial charge in [0.15, 0.2) is 0 Å². The van der Waals surface area contributed by atoms with Crippen LogP contribution in [-0.4, -0.2) is 66.4 Å². The van der Waals surface area contributed by atoms with Gasteiger partial charge in [-0.3, -0.25) is 4.79 Å². The molecule has 0 bridgehead atoms. The van der Waals surface area contributed by atoms with Gasteiger partial charge in [0.2, 0.25) is 5.91 Å². The quantitative estimate of drug-likeness (QED) is 0.538. The fourth-order valence-corrected chi connectivity index (χ4v) is 4.67. The molecule has 8 heteroatoms. The van der Waals surface area contributed by atoms with Crippen LogP contribution < -0.4 is 5.32 Å². The molecule has 2 aromatic carbocycles. The van der Waals surface area contributed by atoms with Gasteiger partial charge >= 0.3 is 12.1 Å². The minimum Gasteiger partial charge on any atom is -0.480 e. The van der Waals surface area contributed by atoms with Crippen LogP contribution in [0.4, 0.5) is 4.79 Å². The van der Waals surface area contributed by atoms with E-state index in [9.17, 15) is 14.4 Å². The van der Waals surface area contributed by atoms with E-state index in [1.54, 1.807) is 4.90 Å². The lowest BCUT2D eigenvalue weighted by Gasteiger charge is -2.40. The highest BCUT2D eigenvalue weighted by atomic mass is 16.5. The Hall–Kier alpha value is -3.39. The van der Waals surface area contributed by atoms with E-state index in [1.165, 1.54) is 0 Å². The van der Waals surface area contributed by atoms with Gasteiger partial charge in [-0.1, -0.05) is 62.4 Å². The third-order valence-electron chi connectivity index (χ3n) is 6.57. The monoisotopic (exact) mass is 480 g/mol. The van der Waals surface area contributed by atoms with Gasteiger partial charge in [0.1, 0.15) is 19.3 Å². The smallest absolute Gasteiger partial charge is 0.407 e. The molecular weight excluding hydrogens is 448 g/mol. The number of fused-ring (bicyclic) bond motifs is 3. The summed E-state index contributed by atoms with van der Waals surface area (Å²) in [6.45, 7) is 4.55. The first-order valence-electron chi connectivity index (χ1n) is 12.1. The maximum atomic E-state index is 13.0. The molecule has 0 radical (unpaired) electrons. The number of carbonyl (C=O) groups excluding carboxylic acids is 2. The Kier molecular flexibility index (Phi) is 7.70. The Balaban J connectivity index is 1.35. The Bertz CT molecular complexity index is 1030. The lowest BCUT2D eigenvalue weighted by molar-refractivity contribution is -0.155. The minimum atomic E-state index is -1.04. The number of benzene rings is 2. The molecule has 2 aliphatic rings. The van der Waals surface area contributed by atoms with Gasteiger partial charge in [0.25, 0.3) is 0 Å². The van der Waals surface area contributed by atoms with Gasteiger partial charge in [-0.2, -0.15) is 0 Å². The molecule has 1 saturated heterocycles. The second-order valence-electron chi connectivity index (χ2n) is 9.56. The number of carbonyl (C=O) groups is 3. The van der Waals surface area contributed by atoms with Crippen molar-refractivity contribution in [3.8, 4) is 11.1 Å². The molecule has 186 valence electrons. The molecule has 1 fully saturated rings. The number of likely N-dealkylation sites (tertiary alicyclic amines) is 1. The van der Waals surface area contributed by atoms with Crippen LogP contribution in [0.5, 0.6) is 0 Å². The third-order valence-corrected chi connectivity index (χ3v) is 6.57. The van der Waals surface area contributed by atoms with Crippen molar-refractivity contribution in [2.75, 3.05) is 26.3 Å². The van der Waals surface area contributed by atoms with Crippen LogP contribution in [0.3, 0.4) is 0 Å². The van der Waals surface area contributed by atoms with E-state index in [4.69, 9.17) is 14.6 Å². The number of nitrogens with zero attached hydrogens (tertiary/aromatic N) is 1. The summed E-state index contributed by atoms with van der Waals surface area (Å²) in [7, 11) is 0. The fraction of sp³-hybridized carbons (Fsp3) is 0.444. The summed E-state index contributed by atoms with van der Waals surface area (Å²) in [6, 6.07) is 15.6. The number of amides is 2. The van der Waals surface area contributed by atoms with Crippen molar-refractivity contribution in [3.63, 3.8) is 0 Å². The Morgan fingerprint density at radius 1 is 1.00 bits per heavy atom. The zero-order valence-corrected chi connectivity index (χ0v) is 20.1.